The van der Waals surface area contributed by atoms with Crippen LogP contribution in [0.1, 0.15) is 11.5 Å². The molecule has 5 heteroatoms. The maximum Gasteiger partial charge on any atom is 0.151 e. The van der Waals surface area contributed by atoms with Gasteiger partial charge < -0.3 is 11.5 Å². The lowest BCUT2D eigenvalue weighted by Gasteiger charge is -2.11. The fourth-order valence-electron chi connectivity index (χ4n) is 2.86. The molecule has 4 N–H and O–H groups in total. The fourth-order valence-corrected chi connectivity index (χ4v) is 4.90. The van der Waals surface area contributed by atoms with E-state index in [0.717, 1.165) is 5.56 Å². The van der Waals surface area contributed by atoms with Gasteiger partial charge in [0.05, 0.1) is 5.25 Å². The van der Waals surface area contributed by atoms with Gasteiger partial charge in [0.1, 0.15) is 0 Å². The summed E-state index contributed by atoms with van der Waals surface area (Å²) < 4.78 is 23.6. The molecule has 17 heavy (non-hydrogen) atoms. The summed E-state index contributed by atoms with van der Waals surface area (Å²) in [6, 6.07) is 9.61. The normalized spacial score (nSPS) is 26.8. The van der Waals surface area contributed by atoms with Gasteiger partial charge in [0.25, 0.3) is 0 Å². The maximum atomic E-state index is 11.8. The number of hydrogen-bond acceptors (Lipinski definition) is 4. The summed E-state index contributed by atoms with van der Waals surface area (Å²) >= 11 is 0. The molecule has 1 fully saturated rings. The van der Waals surface area contributed by atoms with E-state index in [2.05, 4.69) is 0 Å². The van der Waals surface area contributed by atoms with Crippen molar-refractivity contribution >= 4 is 9.84 Å². The lowest BCUT2D eigenvalue weighted by atomic mass is 9.99. The van der Waals surface area contributed by atoms with E-state index in [4.69, 9.17) is 11.5 Å². The molecule has 1 aliphatic rings. The van der Waals surface area contributed by atoms with Crippen LogP contribution in [0.3, 0.4) is 0 Å². The highest BCUT2D eigenvalue weighted by Crippen LogP contribution is 2.61. The Hall–Kier alpha value is -0.910. The Kier molecular flexibility index (Phi) is 3.01. The summed E-state index contributed by atoms with van der Waals surface area (Å²) in [4.78, 5) is 0. The molecule has 1 aromatic rings. The van der Waals surface area contributed by atoms with E-state index in [1.165, 1.54) is 6.26 Å². The minimum atomic E-state index is -3.12. The largest absolute Gasteiger partial charge is 0.330 e. The second-order valence-electron chi connectivity index (χ2n) is 4.78. The standard InChI is InChI=1S/C12H18N2O2S/c1-17(15,16)11-10(12(11,7-13)8-14)9-5-3-2-4-6-9/h2-6,10-11H,7-8,13-14H2,1H3/t10-,11+/m0/s1. The average Bonchev–Trinajstić information content (AvgIpc) is 3.00. The van der Waals surface area contributed by atoms with Gasteiger partial charge >= 0.3 is 0 Å². The fraction of sp³-hybridized carbons (Fsp3) is 0.500. The van der Waals surface area contributed by atoms with Gasteiger partial charge in [0.15, 0.2) is 9.84 Å². The molecular weight excluding hydrogens is 236 g/mol. The quantitative estimate of drug-likeness (QED) is 0.798. The molecule has 0 heterocycles. The molecule has 2 rings (SSSR count). The molecule has 0 saturated heterocycles. The number of sulfone groups is 1. The number of benzene rings is 1. The third-order valence-electron chi connectivity index (χ3n) is 3.76. The Morgan fingerprint density at radius 2 is 1.71 bits per heavy atom. The zero-order chi connectivity index (χ0) is 12.7. The number of hydrogen-bond donors (Lipinski definition) is 2. The van der Waals surface area contributed by atoms with Crippen molar-refractivity contribution in [2.45, 2.75) is 11.2 Å². The summed E-state index contributed by atoms with van der Waals surface area (Å²) in [7, 11) is -3.12. The van der Waals surface area contributed by atoms with Crippen molar-refractivity contribution in [1.29, 1.82) is 0 Å². The van der Waals surface area contributed by atoms with Crippen molar-refractivity contribution in [1.82, 2.24) is 0 Å². The molecule has 1 saturated carbocycles. The molecule has 0 aliphatic heterocycles. The third kappa shape index (κ3) is 1.88. The van der Waals surface area contributed by atoms with Gasteiger partial charge in [-0.15, -0.1) is 0 Å². The SMILES string of the molecule is CS(=O)(=O)[C@@H]1[C@H](c2ccccc2)C1(CN)CN. The minimum absolute atomic E-state index is 0.0614. The van der Waals surface area contributed by atoms with Crippen LogP contribution in [0, 0.1) is 5.41 Å². The first kappa shape index (κ1) is 12.5. The molecule has 0 radical (unpaired) electrons. The van der Waals surface area contributed by atoms with E-state index in [1.54, 1.807) is 0 Å². The summed E-state index contributed by atoms with van der Waals surface area (Å²) in [6.45, 7) is 0.613. The molecule has 2 atom stereocenters. The van der Waals surface area contributed by atoms with Crippen LogP contribution in [0.15, 0.2) is 30.3 Å². The van der Waals surface area contributed by atoms with Gasteiger partial charge in [-0.1, -0.05) is 30.3 Å². The van der Waals surface area contributed by atoms with Crippen LogP contribution >= 0.6 is 0 Å². The molecule has 0 spiro atoms. The maximum absolute atomic E-state index is 11.8. The van der Waals surface area contributed by atoms with Crippen LogP contribution in [0.2, 0.25) is 0 Å². The lowest BCUT2D eigenvalue weighted by Crippen LogP contribution is -2.31. The first-order chi connectivity index (χ1) is 7.97. The van der Waals surface area contributed by atoms with Crippen LogP contribution in [0.4, 0.5) is 0 Å². The Bertz CT molecular complexity index is 494. The van der Waals surface area contributed by atoms with Crippen molar-refractivity contribution < 1.29 is 8.42 Å². The van der Waals surface area contributed by atoms with Crippen molar-refractivity contribution in [2.24, 2.45) is 16.9 Å². The Morgan fingerprint density at radius 1 is 1.18 bits per heavy atom. The molecule has 1 aliphatic carbocycles. The van der Waals surface area contributed by atoms with Crippen LogP contribution < -0.4 is 11.5 Å². The highest BCUT2D eigenvalue weighted by atomic mass is 32.2. The van der Waals surface area contributed by atoms with E-state index >= 15 is 0 Å². The van der Waals surface area contributed by atoms with Gasteiger partial charge in [-0.3, -0.25) is 0 Å². The highest BCUT2D eigenvalue weighted by Gasteiger charge is 2.68. The van der Waals surface area contributed by atoms with E-state index in [0.29, 0.717) is 13.1 Å². The highest BCUT2D eigenvalue weighted by molar-refractivity contribution is 7.91. The first-order valence-electron chi connectivity index (χ1n) is 5.61. The van der Waals surface area contributed by atoms with Gasteiger partial charge in [-0.25, -0.2) is 8.42 Å². The first-order valence-corrected chi connectivity index (χ1v) is 7.57. The van der Waals surface area contributed by atoms with Crippen molar-refractivity contribution in [2.75, 3.05) is 19.3 Å². The van der Waals surface area contributed by atoms with Crippen molar-refractivity contribution in [3.05, 3.63) is 35.9 Å². The second kappa shape index (κ2) is 4.08. The van der Waals surface area contributed by atoms with Crippen LogP contribution in [0.5, 0.6) is 0 Å². The topological polar surface area (TPSA) is 86.2 Å². The second-order valence-corrected chi connectivity index (χ2v) is 6.95. The zero-order valence-corrected chi connectivity index (χ0v) is 10.7. The van der Waals surface area contributed by atoms with Crippen LogP contribution in [-0.4, -0.2) is 33.0 Å². The van der Waals surface area contributed by atoms with Gasteiger partial charge in [0.2, 0.25) is 0 Å². The van der Waals surface area contributed by atoms with E-state index in [9.17, 15) is 8.42 Å². The molecule has 1 aromatic carbocycles. The predicted molar refractivity (Wildman–Crippen MR) is 68.4 cm³/mol. The van der Waals surface area contributed by atoms with Crippen molar-refractivity contribution in [3.8, 4) is 0 Å². The Labute approximate surface area is 102 Å². The number of rotatable bonds is 4. The van der Waals surface area contributed by atoms with Crippen molar-refractivity contribution in [3.63, 3.8) is 0 Å². The summed E-state index contributed by atoms with van der Waals surface area (Å²) in [5.74, 6) is -0.0614. The monoisotopic (exact) mass is 254 g/mol. The molecule has 0 unspecified atom stereocenters. The van der Waals surface area contributed by atoms with E-state index < -0.39 is 20.5 Å². The minimum Gasteiger partial charge on any atom is -0.330 e. The Balaban J connectivity index is 2.42. The summed E-state index contributed by atoms with van der Waals surface area (Å²) in [6.07, 6.45) is 1.26. The van der Waals surface area contributed by atoms with Crippen LogP contribution in [-0.2, 0) is 9.84 Å². The predicted octanol–water partition coefficient (Wildman–Crippen LogP) is 0.101. The summed E-state index contributed by atoms with van der Waals surface area (Å²) in [5, 5.41) is -0.438. The molecule has 0 bridgehead atoms. The third-order valence-corrected chi connectivity index (χ3v) is 5.42. The zero-order valence-electron chi connectivity index (χ0n) is 9.84. The van der Waals surface area contributed by atoms with Gasteiger partial charge in [0, 0.05) is 30.7 Å². The smallest absolute Gasteiger partial charge is 0.151 e. The average molecular weight is 254 g/mol. The van der Waals surface area contributed by atoms with Gasteiger partial charge in [-0.05, 0) is 5.56 Å². The van der Waals surface area contributed by atoms with E-state index in [1.807, 2.05) is 30.3 Å². The molecule has 4 nitrogen and oxygen atoms in total. The molecular formula is C12H18N2O2S. The van der Waals surface area contributed by atoms with E-state index in [-0.39, 0.29) is 5.92 Å². The molecule has 0 amide bonds. The molecule has 94 valence electrons. The number of nitrogens with two attached hydrogens (primary N) is 2. The Morgan fingerprint density at radius 3 is 2.06 bits per heavy atom. The van der Waals surface area contributed by atoms with Crippen LogP contribution in [0.25, 0.3) is 0 Å². The van der Waals surface area contributed by atoms with Gasteiger partial charge in [-0.2, -0.15) is 0 Å². The molecule has 0 aromatic heterocycles. The lowest BCUT2D eigenvalue weighted by molar-refractivity contribution is 0.511. The summed E-state index contributed by atoms with van der Waals surface area (Å²) in [5.41, 5.74) is 12.0.